The van der Waals surface area contributed by atoms with Gasteiger partial charge in [0, 0.05) is 30.2 Å². The normalized spacial score (nSPS) is 12.7. The van der Waals surface area contributed by atoms with Crippen molar-refractivity contribution in [2.45, 2.75) is 32.4 Å². The van der Waals surface area contributed by atoms with Gasteiger partial charge in [0.25, 0.3) is 0 Å². The third-order valence-electron chi connectivity index (χ3n) is 5.78. The maximum atomic E-state index is 12.5. The van der Waals surface area contributed by atoms with Gasteiger partial charge in [-0.1, -0.05) is 18.2 Å². The molecule has 1 aliphatic carbocycles. The van der Waals surface area contributed by atoms with E-state index in [0.717, 1.165) is 35.5 Å². The SMILES string of the molecule is COC(=O)c1c(OCc2cccc(C(=O)CC3CC3)c2)nsc1NCc1ccc(OC)cc1OC. The maximum absolute atomic E-state index is 12.5. The van der Waals surface area contributed by atoms with Crippen molar-refractivity contribution in [3.63, 3.8) is 0 Å². The van der Waals surface area contributed by atoms with Crippen LogP contribution in [0.5, 0.6) is 17.4 Å². The molecule has 35 heavy (non-hydrogen) atoms. The fraction of sp³-hybridized carbons (Fsp3) is 0.346. The number of benzene rings is 2. The second-order valence-corrected chi connectivity index (χ2v) is 9.05. The summed E-state index contributed by atoms with van der Waals surface area (Å²) >= 11 is 1.11. The van der Waals surface area contributed by atoms with Gasteiger partial charge < -0.3 is 24.3 Å². The van der Waals surface area contributed by atoms with Crippen molar-refractivity contribution in [3.05, 3.63) is 64.7 Å². The Hall–Kier alpha value is -3.59. The van der Waals surface area contributed by atoms with E-state index in [1.807, 2.05) is 36.4 Å². The molecule has 0 aliphatic heterocycles. The van der Waals surface area contributed by atoms with Crippen LogP contribution in [-0.2, 0) is 17.9 Å². The topological polar surface area (TPSA) is 96.0 Å². The van der Waals surface area contributed by atoms with Gasteiger partial charge in [0.2, 0.25) is 5.88 Å². The van der Waals surface area contributed by atoms with Crippen molar-refractivity contribution < 1.29 is 28.5 Å². The number of ketones is 1. The zero-order valence-electron chi connectivity index (χ0n) is 20.0. The fourth-order valence-corrected chi connectivity index (χ4v) is 4.36. The molecule has 2 aromatic carbocycles. The number of aromatic nitrogens is 1. The minimum atomic E-state index is -0.550. The first kappa shape index (κ1) is 24.5. The number of Topliss-reactive ketones (excluding diaryl/α,β-unsaturated/α-hetero) is 1. The number of nitrogens with one attached hydrogen (secondary N) is 1. The van der Waals surface area contributed by atoms with E-state index < -0.39 is 5.97 Å². The van der Waals surface area contributed by atoms with Crippen molar-refractivity contribution in [2.24, 2.45) is 5.92 Å². The third kappa shape index (κ3) is 6.10. The Balaban J connectivity index is 1.46. The highest BCUT2D eigenvalue weighted by atomic mass is 32.1. The summed E-state index contributed by atoms with van der Waals surface area (Å²) in [6.07, 6.45) is 2.86. The number of anilines is 1. The molecule has 0 amide bonds. The lowest BCUT2D eigenvalue weighted by Gasteiger charge is -2.12. The molecule has 1 aliphatic rings. The lowest BCUT2D eigenvalue weighted by molar-refractivity contribution is 0.0596. The second kappa shape index (κ2) is 11.2. The molecule has 1 aromatic heterocycles. The van der Waals surface area contributed by atoms with Gasteiger partial charge in [-0.3, -0.25) is 4.79 Å². The molecule has 1 fully saturated rings. The summed E-state index contributed by atoms with van der Waals surface area (Å²) in [5, 5.41) is 3.76. The summed E-state index contributed by atoms with van der Waals surface area (Å²) in [5.74, 6) is 1.66. The Bertz CT molecular complexity index is 1200. The second-order valence-electron chi connectivity index (χ2n) is 8.27. The van der Waals surface area contributed by atoms with Crippen molar-refractivity contribution >= 4 is 28.3 Å². The van der Waals surface area contributed by atoms with Crippen LogP contribution in [0.4, 0.5) is 5.00 Å². The quantitative estimate of drug-likeness (QED) is 0.273. The standard InChI is InChI=1S/C26H28N2O6S/c1-31-20-10-9-19(22(13-20)32-2)14-27-25-23(26(30)33-3)24(28-35-25)34-15-17-5-4-6-18(11-17)21(29)12-16-7-8-16/h4-6,9-11,13,16,27H,7-8,12,14-15H2,1-3H3. The molecular weight excluding hydrogens is 468 g/mol. The van der Waals surface area contributed by atoms with Crippen molar-refractivity contribution in [1.82, 2.24) is 4.37 Å². The number of esters is 1. The van der Waals surface area contributed by atoms with Crippen LogP contribution in [0.15, 0.2) is 42.5 Å². The van der Waals surface area contributed by atoms with Gasteiger partial charge in [0.05, 0.1) is 21.3 Å². The molecule has 0 radical (unpaired) electrons. The highest BCUT2D eigenvalue weighted by molar-refractivity contribution is 7.10. The van der Waals surface area contributed by atoms with Gasteiger partial charge in [0.15, 0.2) is 11.3 Å². The molecule has 4 rings (SSSR count). The number of carbonyl (C=O) groups is 2. The van der Waals surface area contributed by atoms with Crippen LogP contribution in [0.2, 0.25) is 0 Å². The van der Waals surface area contributed by atoms with Gasteiger partial charge in [-0.15, -0.1) is 0 Å². The molecule has 1 heterocycles. The first-order valence-electron chi connectivity index (χ1n) is 11.3. The number of carbonyl (C=O) groups excluding carboxylic acids is 2. The first-order chi connectivity index (χ1) is 17.0. The Morgan fingerprint density at radius 1 is 1.09 bits per heavy atom. The summed E-state index contributed by atoms with van der Waals surface area (Å²) < 4.78 is 25.9. The van der Waals surface area contributed by atoms with Crippen LogP contribution >= 0.6 is 11.5 Å². The Labute approximate surface area is 208 Å². The molecule has 0 atom stereocenters. The Kier molecular flexibility index (Phi) is 7.87. The highest BCUT2D eigenvalue weighted by Gasteiger charge is 2.26. The number of hydrogen-bond donors (Lipinski definition) is 1. The average molecular weight is 497 g/mol. The lowest BCUT2D eigenvalue weighted by Crippen LogP contribution is -2.09. The largest absolute Gasteiger partial charge is 0.497 e. The van der Waals surface area contributed by atoms with E-state index >= 15 is 0 Å². The van der Waals surface area contributed by atoms with Crippen LogP contribution in [0.25, 0.3) is 0 Å². The third-order valence-corrected chi connectivity index (χ3v) is 6.57. The Morgan fingerprint density at radius 2 is 1.91 bits per heavy atom. The predicted molar refractivity (Wildman–Crippen MR) is 133 cm³/mol. The predicted octanol–water partition coefficient (Wildman–Crippen LogP) is 5.12. The lowest BCUT2D eigenvalue weighted by atomic mass is 10.0. The van der Waals surface area contributed by atoms with Crippen LogP contribution in [0.1, 0.15) is 51.1 Å². The number of nitrogens with zero attached hydrogens (tertiary/aromatic N) is 1. The molecule has 1 N–H and O–H groups in total. The van der Waals surface area contributed by atoms with Gasteiger partial charge >= 0.3 is 5.97 Å². The first-order valence-corrected chi connectivity index (χ1v) is 12.1. The van der Waals surface area contributed by atoms with E-state index in [1.165, 1.54) is 7.11 Å². The smallest absolute Gasteiger partial charge is 0.346 e. The number of rotatable bonds is 12. The van der Waals surface area contributed by atoms with Crippen molar-refractivity contribution in [2.75, 3.05) is 26.6 Å². The zero-order chi connectivity index (χ0) is 24.8. The van der Waals surface area contributed by atoms with Crippen LogP contribution in [0.3, 0.4) is 0 Å². The molecule has 0 unspecified atom stereocenters. The summed E-state index contributed by atoms with van der Waals surface area (Å²) in [6.45, 7) is 0.563. The molecule has 184 valence electrons. The Morgan fingerprint density at radius 3 is 2.63 bits per heavy atom. The van der Waals surface area contributed by atoms with Crippen molar-refractivity contribution in [3.8, 4) is 17.4 Å². The minimum Gasteiger partial charge on any atom is -0.497 e. The van der Waals surface area contributed by atoms with Gasteiger partial charge in [-0.25, -0.2) is 4.79 Å². The van der Waals surface area contributed by atoms with Gasteiger partial charge in [-0.05, 0) is 54.1 Å². The zero-order valence-corrected chi connectivity index (χ0v) is 20.8. The number of ether oxygens (including phenoxy) is 4. The highest BCUT2D eigenvalue weighted by Crippen LogP contribution is 2.35. The molecule has 0 saturated heterocycles. The van der Waals surface area contributed by atoms with Gasteiger partial charge in [0.1, 0.15) is 23.1 Å². The van der Waals surface area contributed by atoms with E-state index in [2.05, 4.69) is 9.69 Å². The molecular formula is C26H28N2O6S. The maximum Gasteiger partial charge on any atom is 0.346 e. The summed E-state index contributed by atoms with van der Waals surface area (Å²) in [6, 6.07) is 12.9. The van der Waals surface area contributed by atoms with Crippen molar-refractivity contribution in [1.29, 1.82) is 0 Å². The molecule has 0 spiro atoms. The van der Waals surface area contributed by atoms with E-state index in [9.17, 15) is 9.59 Å². The summed E-state index contributed by atoms with van der Waals surface area (Å²) in [5.41, 5.74) is 2.62. The van der Waals surface area contributed by atoms with E-state index in [4.69, 9.17) is 18.9 Å². The monoisotopic (exact) mass is 496 g/mol. The van der Waals surface area contributed by atoms with E-state index in [-0.39, 0.29) is 23.8 Å². The number of hydrogen-bond acceptors (Lipinski definition) is 9. The molecule has 3 aromatic rings. The summed E-state index contributed by atoms with van der Waals surface area (Å²) in [7, 11) is 4.50. The molecule has 9 heteroatoms. The number of methoxy groups -OCH3 is 3. The van der Waals surface area contributed by atoms with Gasteiger partial charge in [-0.2, -0.15) is 4.37 Å². The summed E-state index contributed by atoms with van der Waals surface area (Å²) in [4.78, 5) is 25.0. The van der Waals surface area contributed by atoms with Crippen LogP contribution in [-0.4, -0.2) is 37.5 Å². The molecule has 1 saturated carbocycles. The molecule has 0 bridgehead atoms. The minimum absolute atomic E-state index is 0.152. The van der Waals surface area contributed by atoms with Crippen LogP contribution < -0.4 is 19.5 Å². The van der Waals surface area contributed by atoms with E-state index in [0.29, 0.717) is 40.9 Å². The van der Waals surface area contributed by atoms with Crippen LogP contribution in [0, 0.1) is 5.92 Å². The average Bonchev–Trinajstić information content (AvgIpc) is 3.62. The molecule has 8 nitrogen and oxygen atoms in total. The van der Waals surface area contributed by atoms with E-state index in [1.54, 1.807) is 20.3 Å². The fourth-order valence-electron chi connectivity index (χ4n) is 3.64.